The van der Waals surface area contributed by atoms with E-state index in [1.54, 1.807) is 0 Å². The van der Waals surface area contributed by atoms with Crippen molar-refractivity contribution >= 4 is 17.4 Å². The minimum Gasteiger partial charge on any atom is -0.313 e. The summed E-state index contributed by atoms with van der Waals surface area (Å²) in [6.07, 6.45) is 2.28. The quantitative estimate of drug-likeness (QED) is 0.911. The van der Waals surface area contributed by atoms with E-state index in [-0.39, 0.29) is 11.2 Å². The van der Waals surface area contributed by atoms with Crippen LogP contribution in [0.3, 0.4) is 0 Å². The summed E-state index contributed by atoms with van der Waals surface area (Å²) in [6, 6.07) is 4.95. The van der Waals surface area contributed by atoms with Crippen molar-refractivity contribution in [2.75, 3.05) is 10.6 Å². The zero-order valence-corrected chi connectivity index (χ0v) is 11.9. The van der Waals surface area contributed by atoms with Gasteiger partial charge in [-0.1, -0.05) is 6.92 Å². The Morgan fingerprint density at radius 1 is 1.18 bits per heavy atom. The van der Waals surface area contributed by atoms with Crippen LogP contribution in [0.5, 0.6) is 0 Å². The van der Waals surface area contributed by atoms with Crippen LogP contribution in [0.25, 0.3) is 0 Å². The number of aromatic nitrogens is 1. The second-order valence-corrected chi connectivity index (χ2v) is 4.65. The maximum absolute atomic E-state index is 13.4. The summed E-state index contributed by atoms with van der Waals surface area (Å²) in [4.78, 5) is 23.4. The number of benzene rings is 1. The third-order valence-corrected chi connectivity index (χ3v) is 2.89. The molecule has 0 saturated heterocycles. The van der Waals surface area contributed by atoms with Crippen molar-refractivity contribution in [3.05, 3.63) is 58.5 Å². The maximum Gasteiger partial charge on any atom is 0.323 e. The molecule has 0 aliphatic heterocycles. The van der Waals surface area contributed by atoms with Crippen LogP contribution in [-0.4, -0.2) is 10.6 Å². The Labute approximate surface area is 125 Å². The first-order valence-electron chi connectivity index (χ1n) is 6.73. The lowest BCUT2D eigenvalue weighted by molar-refractivity contribution is 0.262. The number of urea groups is 1. The largest absolute Gasteiger partial charge is 0.323 e. The number of rotatable bonds is 4. The van der Waals surface area contributed by atoms with E-state index in [1.807, 2.05) is 6.92 Å². The van der Waals surface area contributed by atoms with Crippen LogP contribution in [0.2, 0.25) is 0 Å². The molecule has 1 aromatic heterocycles. The van der Waals surface area contributed by atoms with Crippen LogP contribution in [-0.2, 0) is 6.54 Å². The highest BCUT2D eigenvalue weighted by Gasteiger charge is 2.08. The highest BCUT2D eigenvalue weighted by molar-refractivity contribution is 5.99. The van der Waals surface area contributed by atoms with Crippen molar-refractivity contribution in [3.8, 4) is 0 Å². The van der Waals surface area contributed by atoms with E-state index in [2.05, 4.69) is 10.6 Å². The van der Waals surface area contributed by atoms with E-state index in [4.69, 9.17) is 0 Å². The molecule has 2 amide bonds. The van der Waals surface area contributed by atoms with Crippen molar-refractivity contribution < 1.29 is 13.6 Å². The minimum absolute atomic E-state index is 0.138. The zero-order valence-electron chi connectivity index (χ0n) is 11.9. The van der Waals surface area contributed by atoms with Gasteiger partial charge in [0, 0.05) is 24.9 Å². The van der Waals surface area contributed by atoms with Gasteiger partial charge in [-0.05, 0) is 24.6 Å². The molecular formula is C15H15F2N3O2. The second-order valence-electron chi connectivity index (χ2n) is 4.65. The van der Waals surface area contributed by atoms with Crippen LogP contribution < -0.4 is 16.2 Å². The average molecular weight is 307 g/mol. The SMILES string of the molecule is CCCn1cc(NC(=O)Nc2ccc(F)cc2F)ccc1=O. The molecule has 116 valence electrons. The predicted molar refractivity (Wildman–Crippen MR) is 80.0 cm³/mol. The molecule has 1 heterocycles. The summed E-state index contributed by atoms with van der Waals surface area (Å²) in [6.45, 7) is 2.46. The highest BCUT2D eigenvalue weighted by atomic mass is 19.1. The van der Waals surface area contributed by atoms with Crippen LogP contribution >= 0.6 is 0 Å². The fourth-order valence-corrected chi connectivity index (χ4v) is 1.90. The number of aryl methyl sites for hydroxylation is 1. The van der Waals surface area contributed by atoms with E-state index in [0.717, 1.165) is 18.6 Å². The Hall–Kier alpha value is -2.70. The monoisotopic (exact) mass is 307 g/mol. The first kappa shape index (κ1) is 15.7. The fraction of sp³-hybridized carbons (Fsp3) is 0.200. The number of nitrogens with zero attached hydrogens (tertiary/aromatic N) is 1. The summed E-state index contributed by atoms with van der Waals surface area (Å²) in [5, 5.41) is 4.76. The number of hydrogen-bond donors (Lipinski definition) is 2. The van der Waals surface area contributed by atoms with Gasteiger partial charge in [0.25, 0.3) is 5.56 Å². The van der Waals surface area contributed by atoms with Crippen molar-refractivity contribution in [2.45, 2.75) is 19.9 Å². The van der Waals surface area contributed by atoms with Crippen LogP contribution in [0.15, 0.2) is 41.3 Å². The summed E-state index contributed by atoms with van der Waals surface area (Å²) < 4.78 is 27.7. The van der Waals surface area contributed by atoms with Gasteiger partial charge < -0.3 is 15.2 Å². The molecule has 0 aliphatic carbocycles. The molecule has 5 nitrogen and oxygen atoms in total. The van der Waals surface area contributed by atoms with Gasteiger partial charge in [-0.2, -0.15) is 0 Å². The molecule has 2 N–H and O–H groups in total. The molecule has 0 unspecified atom stereocenters. The molecule has 1 aromatic carbocycles. The van der Waals surface area contributed by atoms with Gasteiger partial charge in [0.05, 0.1) is 11.4 Å². The molecule has 2 rings (SSSR count). The standard InChI is InChI=1S/C15H15F2N3O2/c1-2-7-20-9-11(4-6-14(20)21)18-15(22)19-13-5-3-10(16)8-12(13)17/h3-6,8-9H,2,7H2,1H3,(H2,18,19,22). The van der Waals surface area contributed by atoms with Gasteiger partial charge in [0.15, 0.2) is 0 Å². The van der Waals surface area contributed by atoms with Gasteiger partial charge in [0.1, 0.15) is 11.6 Å². The van der Waals surface area contributed by atoms with Crippen molar-refractivity contribution in [1.82, 2.24) is 4.57 Å². The van der Waals surface area contributed by atoms with Gasteiger partial charge in [0.2, 0.25) is 0 Å². The summed E-state index contributed by atoms with van der Waals surface area (Å²) in [7, 11) is 0. The van der Waals surface area contributed by atoms with Crippen molar-refractivity contribution in [2.24, 2.45) is 0 Å². The summed E-state index contributed by atoms with van der Waals surface area (Å²) in [5.41, 5.74) is 0.0891. The third kappa shape index (κ3) is 3.91. The second kappa shape index (κ2) is 6.84. The molecule has 0 aliphatic rings. The molecule has 0 spiro atoms. The molecule has 0 radical (unpaired) electrons. The molecule has 0 atom stereocenters. The summed E-state index contributed by atoms with van der Waals surface area (Å²) >= 11 is 0. The first-order chi connectivity index (χ1) is 10.5. The maximum atomic E-state index is 13.4. The van der Waals surface area contributed by atoms with Crippen LogP contribution in [0, 0.1) is 11.6 Å². The Morgan fingerprint density at radius 2 is 1.95 bits per heavy atom. The molecule has 0 bridgehead atoms. The Morgan fingerprint density at radius 3 is 2.64 bits per heavy atom. The number of nitrogens with one attached hydrogen (secondary N) is 2. The number of anilines is 2. The molecule has 0 saturated carbocycles. The van der Waals surface area contributed by atoms with Crippen LogP contribution in [0.1, 0.15) is 13.3 Å². The molecule has 7 heteroatoms. The van der Waals surface area contributed by atoms with E-state index in [0.29, 0.717) is 18.3 Å². The number of amides is 2. The fourth-order valence-electron chi connectivity index (χ4n) is 1.90. The Kier molecular flexibility index (Phi) is 4.88. The number of pyridine rings is 1. The van der Waals surface area contributed by atoms with E-state index in [1.165, 1.54) is 22.9 Å². The Bertz CT molecular complexity index is 744. The van der Waals surface area contributed by atoms with Crippen molar-refractivity contribution in [3.63, 3.8) is 0 Å². The number of carbonyl (C=O) groups excluding carboxylic acids is 1. The van der Waals surface area contributed by atoms with Crippen LogP contribution in [0.4, 0.5) is 25.0 Å². The lowest BCUT2D eigenvalue weighted by atomic mass is 10.3. The predicted octanol–water partition coefficient (Wildman–Crippen LogP) is 3.18. The van der Waals surface area contributed by atoms with E-state index >= 15 is 0 Å². The molecule has 0 fully saturated rings. The van der Waals surface area contributed by atoms with E-state index < -0.39 is 17.7 Å². The molecule has 22 heavy (non-hydrogen) atoms. The van der Waals surface area contributed by atoms with Crippen molar-refractivity contribution in [1.29, 1.82) is 0 Å². The molecular weight excluding hydrogens is 292 g/mol. The lowest BCUT2D eigenvalue weighted by Crippen LogP contribution is -2.23. The zero-order chi connectivity index (χ0) is 16.1. The minimum atomic E-state index is -0.869. The van der Waals surface area contributed by atoms with E-state index in [9.17, 15) is 18.4 Å². The average Bonchev–Trinajstić information content (AvgIpc) is 2.46. The normalized spacial score (nSPS) is 10.3. The number of halogens is 2. The van der Waals surface area contributed by atoms with Gasteiger partial charge in [-0.3, -0.25) is 4.79 Å². The topological polar surface area (TPSA) is 63.1 Å². The first-order valence-corrected chi connectivity index (χ1v) is 6.73. The summed E-state index contributed by atoms with van der Waals surface area (Å²) in [5.74, 6) is -1.60. The number of carbonyl (C=O) groups is 1. The Balaban J connectivity index is 2.08. The van der Waals surface area contributed by atoms with Gasteiger partial charge >= 0.3 is 6.03 Å². The van der Waals surface area contributed by atoms with Gasteiger partial charge in [-0.15, -0.1) is 0 Å². The van der Waals surface area contributed by atoms with Gasteiger partial charge in [-0.25, -0.2) is 13.6 Å². The number of hydrogen-bond acceptors (Lipinski definition) is 2. The third-order valence-electron chi connectivity index (χ3n) is 2.89. The lowest BCUT2D eigenvalue weighted by Gasteiger charge is -2.10. The smallest absolute Gasteiger partial charge is 0.313 e. The molecule has 2 aromatic rings. The highest BCUT2D eigenvalue weighted by Crippen LogP contribution is 2.15.